The zero-order chi connectivity index (χ0) is 14.7. The van der Waals surface area contributed by atoms with Gasteiger partial charge in [-0.25, -0.2) is 0 Å². The number of nitrogens with one attached hydrogen (secondary N) is 1. The summed E-state index contributed by atoms with van der Waals surface area (Å²) >= 11 is 0. The van der Waals surface area contributed by atoms with Gasteiger partial charge in [0.2, 0.25) is 5.88 Å². The van der Waals surface area contributed by atoms with Crippen molar-refractivity contribution in [2.45, 2.75) is 57.9 Å². The number of nitrogen functional groups attached to an aromatic ring is 1. The molecule has 116 valence electrons. The van der Waals surface area contributed by atoms with Gasteiger partial charge in [-0.2, -0.15) is 4.98 Å². The van der Waals surface area contributed by atoms with E-state index in [4.69, 9.17) is 10.5 Å². The Bertz CT molecular complexity index is 473. The maximum atomic E-state index is 5.97. The van der Waals surface area contributed by atoms with Crippen LogP contribution in [0.2, 0.25) is 0 Å². The number of anilines is 2. The minimum absolute atomic E-state index is 0.538. The predicted octanol–water partition coefficient (Wildman–Crippen LogP) is 3.83. The van der Waals surface area contributed by atoms with Gasteiger partial charge in [-0.15, -0.1) is 0 Å². The maximum absolute atomic E-state index is 5.97. The Morgan fingerprint density at radius 3 is 2.81 bits per heavy atom. The number of hydrogen-bond acceptors (Lipinski definition) is 4. The molecule has 2 fully saturated rings. The van der Waals surface area contributed by atoms with E-state index in [2.05, 4.69) is 17.2 Å². The second-order valence-electron chi connectivity index (χ2n) is 6.55. The zero-order valence-electron chi connectivity index (χ0n) is 13.0. The molecule has 0 aliphatic heterocycles. The van der Waals surface area contributed by atoms with Crippen LogP contribution < -0.4 is 15.8 Å². The van der Waals surface area contributed by atoms with Gasteiger partial charge < -0.3 is 15.8 Å². The van der Waals surface area contributed by atoms with E-state index in [1.54, 1.807) is 0 Å². The van der Waals surface area contributed by atoms with E-state index in [1.807, 2.05) is 12.1 Å². The Balaban J connectivity index is 1.64. The zero-order valence-corrected chi connectivity index (χ0v) is 13.0. The molecule has 0 radical (unpaired) electrons. The number of ether oxygens (including phenoxy) is 1. The Hall–Kier alpha value is -1.45. The van der Waals surface area contributed by atoms with Gasteiger partial charge in [-0.1, -0.05) is 26.2 Å². The summed E-state index contributed by atoms with van der Waals surface area (Å²) in [6, 6.07) is 4.42. The molecule has 2 saturated carbocycles. The Kier molecular flexibility index (Phi) is 4.51. The van der Waals surface area contributed by atoms with Crippen molar-refractivity contribution < 1.29 is 4.74 Å². The summed E-state index contributed by atoms with van der Waals surface area (Å²) in [7, 11) is 0. The molecule has 0 aromatic carbocycles. The van der Waals surface area contributed by atoms with Crippen molar-refractivity contribution >= 4 is 11.5 Å². The highest BCUT2D eigenvalue weighted by atomic mass is 16.5. The minimum Gasteiger partial charge on any atom is -0.476 e. The highest BCUT2D eigenvalue weighted by Gasteiger charge is 2.25. The van der Waals surface area contributed by atoms with E-state index in [9.17, 15) is 0 Å². The summed E-state index contributed by atoms with van der Waals surface area (Å²) < 4.78 is 5.77. The SMILES string of the molecule is CCC1CCCCC1Nc1ccc(N)c(OCC2CC2)n1. The summed E-state index contributed by atoms with van der Waals surface area (Å²) in [5.41, 5.74) is 6.60. The van der Waals surface area contributed by atoms with Gasteiger partial charge >= 0.3 is 0 Å². The first-order valence-electron chi connectivity index (χ1n) is 8.42. The highest BCUT2D eigenvalue weighted by molar-refractivity contribution is 5.54. The number of rotatable bonds is 6. The molecule has 4 nitrogen and oxygen atoms in total. The van der Waals surface area contributed by atoms with E-state index >= 15 is 0 Å². The molecule has 3 rings (SSSR count). The van der Waals surface area contributed by atoms with Crippen LogP contribution in [0.4, 0.5) is 11.5 Å². The molecule has 0 spiro atoms. The largest absolute Gasteiger partial charge is 0.476 e. The molecule has 2 atom stereocenters. The second-order valence-corrected chi connectivity index (χ2v) is 6.55. The van der Waals surface area contributed by atoms with Crippen LogP contribution in [-0.4, -0.2) is 17.6 Å². The molecule has 4 heteroatoms. The molecule has 0 saturated heterocycles. The van der Waals surface area contributed by atoms with Crippen molar-refractivity contribution in [3.63, 3.8) is 0 Å². The molecule has 0 amide bonds. The van der Waals surface area contributed by atoms with Gasteiger partial charge in [0, 0.05) is 6.04 Å². The number of hydrogen-bond donors (Lipinski definition) is 2. The van der Waals surface area contributed by atoms with E-state index in [0.29, 0.717) is 23.5 Å². The lowest BCUT2D eigenvalue weighted by molar-refractivity contribution is 0.289. The molecular weight excluding hydrogens is 262 g/mol. The van der Waals surface area contributed by atoms with Crippen LogP contribution in [0, 0.1) is 11.8 Å². The number of nitrogens with zero attached hydrogens (tertiary/aromatic N) is 1. The molecule has 2 aliphatic carbocycles. The van der Waals surface area contributed by atoms with Gasteiger partial charge in [0.05, 0.1) is 12.3 Å². The molecule has 1 aromatic heterocycles. The third kappa shape index (κ3) is 3.80. The van der Waals surface area contributed by atoms with Gasteiger partial charge in [0.25, 0.3) is 0 Å². The predicted molar refractivity (Wildman–Crippen MR) is 86.5 cm³/mol. The summed E-state index contributed by atoms with van der Waals surface area (Å²) in [6.45, 7) is 3.03. The number of aromatic nitrogens is 1. The first-order chi connectivity index (χ1) is 10.3. The third-order valence-corrected chi connectivity index (χ3v) is 4.81. The average Bonchev–Trinajstić information content (AvgIpc) is 3.32. The van der Waals surface area contributed by atoms with Gasteiger partial charge in [0.1, 0.15) is 5.82 Å². The molecule has 0 bridgehead atoms. The van der Waals surface area contributed by atoms with Crippen molar-refractivity contribution in [1.82, 2.24) is 4.98 Å². The summed E-state index contributed by atoms with van der Waals surface area (Å²) in [5.74, 6) is 2.97. The summed E-state index contributed by atoms with van der Waals surface area (Å²) in [4.78, 5) is 4.58. The Morgan fingerprint density at radius 2 is 2.05 bits per heavy atom. The maximum Gasteiger partial charge on any atom is 0.239 e. The summed E-state index contributed by atoms with van der Waals surface area (Å²) in [5, 5.41) is 3.61. The highest BCUT2D eigenvalue weighted by Crippen LogP contribution is 2.32. The lowest BCUT2D eigenvalue weighted by Crippen LogP contribution is -2.32. The standard InChI is InChI=1S/C17H27N3O/c1-2-13-5-3-4-6-15(13)19-16-10-9-14(18)17(20-16)21-11-12-7-8-12/h9-10,12-13,15H,2-8,11,18H2,1H3,(H,19,20). The molecule has 1 heterocycles. The number of nitrogens with two attached hydrogens (primary N) is 1. The van der Waals surface area contributed by atoms with Gasteiger partial charge in [-0.05, 0) is 49.7 Å². The monoisotopic (exact) mass is 289 g/mol. The Labute approximate surface area is 127 Å². The molecule has 2 aliphatic rings. The van der Waals surface area contributed by atoms with E-state index < -0.39 is 0 Å². The van der Waals surface area contributed by atoms with Crippen LogP contribution >= 0.6 is 0 Å². The van der Waals surface area contributed by atoms with Gasteiger partial charge in [0.15, 0.2) is 0 Å². The van der Waals surface area contributed by atoms with Crippen LogP contribution in [0.5, 0.6) is 5.88 Å². The fourth-order valence-electron chi connectivity index (χ4n) is 3.20. The van der Waals surface area contributed by atoms with Crippen LogP contribution in [0.15, 0.2) is 12.1 Å². The Morgan fingerprint density at radius 1 is 1.24 bits per heavy atom. The molecule has 21 heavy (non-hydrogen) atoms. The van der Waals surface area contributed by atoms with Crippen molar-refractivity contribution in [3.05, 3.63) is 12.1 Å². The topological polar surface area (TPSA) is 60.2 Å². The first kappa shape index (κ1) is 14.5. The number of pyridine rings is 1. The lowest BCUT2D eigenvalue weighted by atomic mass is 9.83. The molecule has 1 aromatic rings. The van der Waals surface area contributed by atoms with Gasteiger partial charge in [-0.3, -0.25) is 0 Å². The van der Waals surface area contributed by atoms with E-state index in [1.165, 1.54) is 44.9 Å². The molecule has 3 N–H and O–H groups in total. The smallest absolute Gasteiger partial charge is 0.239 e. The average molecular weight is 289 g/mol. The van der Waals surface area contributed by atoms with Crippen molar-refractivity contribution in [2.24, 2.45) is 11.8 Å². The van der Waals surface area contributed by atoms with Crippen LogP contribution in [0.1, 0.15) is 51.9 Å². The normalized spacial score (nSPS) is 25.6. The van der Waals surface area contributed by atoms with Crippen LogP contribution in [0.3, 0.4) is 0 Å². The second kappa shape index (κ2) is 6.54. The van der Waals surface area contributed by atoms with Crippen molar-refractivity contribution in [2.75, 3.05) is 17.7 Å². The third-order valence-electron chi connectivity index (χ3n) is 4.81. The fraction of sp³-hybridized carbons (Fsp3) is 0.706. The van der Waals surface area contributed by atoms with Crippen molar-refractivity contribution in [1.29, 1.82) is 0 Å². The molecular formula is C17H27N3O. The van der Waals surface area contributed by atoms with Crippen LogP contribution in [-0.2, 0) is 0 Å². The summed E-state index contributed by atoms with van der Waals surface area (Å²) in [6.07, 6.45) is 9.03. The fourth-order valence-corrected chi connectivity index (χ4v) is 3.20. The van der Waals surface area contributed by atoms with Crippen LogP contribution in [0.25, 0.3) is 0 Å². The lowest BCUT2D eigenvalue weighted by Gasteiger charge is -2.32. The van der Waals surface area contributed by atoms with E-state index in [0.717, 1.165) is 18.3 Å². The quantitative estimate of drug-likeness (QED) is 0.835. The first-order valence-corrected chi connectivity index (χ1v) is 8.42. The molecule has 2 unspecified atom stereocenters. The van der Waals surface area contributed by atoms with Crippen molar-refractivity contribution in [3.8, 4) is 5.88 Å². The minimum atomic E-state index is 0.538. The van der Waals surface area contributed by atoms with E-state index in [-0.39, 0.29) is 0 Å².